The van der Waals surface area contributed by atoms with Crippen molar-refractivity contribution in [3.8, 4) is 0 Å². The van der Waals surface area contributed by atoms with Crippen molar-refractivity contribution in [2.75, 3.05) is 0 Å². The van der Waals surface area contributed by atoms with Gasteiger partial charge in [-0.1, -0.05) is 29.4 Å². The summed E-state index contributed by atoms with van der Waals surface area (Å²) in [4.78, 5) is 5.38. The van der Waals surface area contributed by atoms with Gasteiger partial charge in [0, 0.05) is 22.5 Å². The lowest BCUT2D eigenvalue weighted by Gasteiger charge is -2.10. The Morgan fingerprint density at radius 1 is 1.35 bits per heavy atom. The standard InChI is InChI=1S/C13H10ClNOS/c14-9-3-4-12-10(7-9)11(16)6-8-2-1-5-15-13(8)17-12/h1-5,7,11,16H,6H2. The molecule has 86 valence electrons. The van der Waals surface area contributed by atoms with E-state index in [2.05, 4.69) is 4.98 Å². The number of aromatic nitrogens is 1. The van der Waals surface area contributed by atoms with Crippen LogP contribution < -0.4 is 0 Å². The van der Waals surface area contributed by atoms with Crippen molar-refractivity contribution in [3.05, 3.63) is 52.7 Å². The van der Waals surface area contributed by atoms with Gasteiger partial charge in [0.2, 0.25) is 0 Å². The fourth-order valence-corrected chi connectivity index (χ4v) is 3.20. The molecule has 0 radical (unpaired) electrons. The third kappa shape index (κ3) is 2.06. The summed E-state index contributed by atoms with van der Waals surface area (Å²) in [5, 5.41) is 11.8. The summed E-state index contributed by atoms with van der Waals surface area (Å²) in [5.74, 6) is 0. The van der Waals surface area contributed by atoms with Crippen LogP contribution in [0.2, 0.25) is 5.02 Å². The Hall–Kier alpha value is -1.03. The van der Waals surface area contributed by atoms with Crippen LogP contribution in [0.5, 0.6) is 0 Å². The predicted molar refractivity (Wildman–Crippen MR) is 68.5 cm³/mol. The first-order valence-corrected chi connectivity index (χ1v) is 6.53. The average Bonchev–Trinajstić information content (AvgIpc) is 2.46. The third-order valence-corrected chi connectivity index (χ3v) is 4.19. The molecule has 4 heteroatoms. The topological polar surface area (TPSA) is 33.1 Å². The molecule has 3 rings (SSSR count). The Bertz CT molecular complexity index is 573. The first kappa shape index (κ1) is 11.1. The highest BCUT2D eigenvalue weighted by molar-refractivity contribution is 7.99. The molecule has 1 atom stereocenters. The van der Waals surface area contributed by atoms with Crippen molar-refractivity contribution in [1.82, 2.24) is 4.98 Å². The molecule has 1 N–H and O–H groups in total. The van der Waals surface area contributed by atoms with Gasteiger partial charge < -0.3 is 5.11 Å². The third-order valence-electron chi connectivity index (χ3n) is 2.80. The number of hydrogen-bond acceptors (Lipinski definition) is 3. The highest BCUT2D eigenvalue weighted by Gasteiger charge is 2.21. The number of rotatable bonds is 0. The number of hydrogen-bond donors (Lipinski definition) is 1. The second kappa shape index (κ2) is 4.33. The summed E-state index contributed by atoms with van der Waals surface area (Å²) in [5.41, 5.74) is 1.97. The van der Waals surface area contributed by atoms with Crippen LogP contribution in [0.3, 0.4) is 0 Å². The van der Waals surface area contributed by atoms with Crippen molar-refractivity contribution >= 4 is 23.4 Å². The normalized spacial score (nSPS) is 18.1. The molecule has 0 amide bonds. The smallest absolute Gasteiger partial charge is 0.104 e. The molecule has 1 aliphatic rings. The van der Waals surface area contributed by atoms with Crippen LogP contribution in [0.4, 0.5) is 0 Å². The van der Waals surface area contributed by atoms with Crippen LogP contribution in [0.15, 0.2) is 46.5 Å². The van der Waals surface area contributed by atoms with E-state index in [0.29, 0.717) is 11.4 Å². The summed E-state index contributed by atoms with van der Waals surface area (Å²) in [6, 6.07) is 9.52. The molecule has 2 nitrogen and oxygen atoms in total. The molecule has 0 bridgehead atoms. The molecule has 0 saturated heterocycles. The molecular formula is C13H10ClNOS. The van der Waals surface area contributed by atoms with E-state index in [9.17, 15) is 5.11 Å². The first-order chi connectivity index (χ1) is 8.24. The predicted octanol–water partition coefficient (Wildman–Crippen LogP) is 3.48. The van der Waals surface area contributed by atoms with Gasteiger partial charge in [-0.3, -0.25) is 0 Å². The van der Waals surface area contributed by atoms with E-state index in [-0.39, 0.29) is 0 Å². The largest absolute Gasteiger partial charge is 0.388 e. The van der Waals surface area contributed by atoms with E-state index in [1.807, 2.05) is 30.3 Å². The van der Waals surface area contributed by atoms with E-state index in [1.165, 1.54) is 0 Å². The molecule has 0 fully saturated rings. The lowest BCUT2D eigenvalue weighted by molar-refractivity contribution is 0.175. The SMILES string of the molecule is OC1Cc2cccnc2Sc2ccc(Cl)cc21. The van der Waals surface area contributed by atoms with E-state index < -0.39 is 6.10 Å². The molecule has 1 aromatic heterocycles. The van der Waals surface area contributed by atoms with Gasteiger partial charge in [-0.05, 0) is 35.4 Å². The molecule has 17 heavy (non-hydrogen) atoms. The Morgan fingerprint density at radius 3 is 3.12 bits per heavy atom. The van der Waals surface area contributed by atoms with Gasteiger partial charge in [-0.2, -0.15) is 0 Å². The van der Waals surface area contributed by atoms with Gasteiger partial charge >= 0.3 is 0 Å². The van der Waals surface area contributed by atoms with Crippen LogP contribution in [0.1, 0.15) is 17.2 Å². The van der Waals surface area contributed by atoms with Crippen LogP contribution in [0.25, 0.3) is 0 Å². The summed E-state index contributed by atoms with van der Waals surface area (Å²) in [6.45, 7) is 0. The van der Waals surface area contributed by atoms with Crippen LogP contribution >= 0.6 is 23.4 Å². The summed E-state index contributed by atoms with van der Waals surface area (Å²) in [6.07, 6.45) is 1.85. The molecule has 0 saturated carbocycles. The first-order valence-electron chi connectivity index (χ1n) is 5.33. The molecule has 2 heterocycles. The summed E-state index contributed by atoms with van der Waals surface area (Å²) in [7, 11) is 0. The maximum absolute atomic E-state index is 10.2. The van der Waals surface area contributed by atoms with Gasteiger partial charge in [0.15, 0.2) is 0 Å². The molecular weight excluding hydrogens is 254 g/mol. The van der Waals surface area contributed by atoms with Crippen molar-refractivity contribution in [1.29, 1.82) is 0 Å². The molecule has 1 aliphatic heterocycles. The highest BCUT2D eigenvalue weighted by atomic mass is 35.5. The quantitative estimate of drug-likeness (QED) is 0.790. The number of benzene rings is 1. The zero-order chi connectivity index (χ0) is 11.8. The minimum atomic E-state index is -0.512. The van der Waals surface area contributed by atoms with Crippen molar-refractivity contribution in [3.63, 3.8) is 0 Å². The summed E-state index contributed by atoms with van der Waals surface area (Å²) < 4.78 is 0. The van der Waals surface area contributed by atoms with E-state index in [4.69, 9.17) is 11.6 Å². The van der Waals surface area contributed by atoms with E-state index >= 15 is 0 Å². The molecule has 2 aromatic rings. The monoisotopic (exact) mass is 263 g/mol. The van der Waals surface area contributed by atoms with Gasteiger partial charge in [0.05, 0.1) is 6.10 Å². The zero-order valence-corrected chi connectivity index (χ0v) is 10.5. The van der Waals surface area contributed by atoms with Gasteiger partial charge in [-0.25, -0.2) is 4.98 Å². The molecule has 0 spiro atoms. The van der Waals surface area contributed by atoms with Gasteiger partial charge in [0.25, 0.3) is 0 Å². The lowest BCUT2D eigenvalue weighted by Crippen LogP contribution is -2.01. The zero-order valence-electron chi connectivity index (χ0n) is 8.93. The Morgan fingerprint density at radius 2 is 2.24 bits per heavy atom. The number of aliphatic hydroxyl groups is 1. The number of fused-ring (bicyclic) bond motifs is 2. The maximum Gasteiger partial charge on any atom is 0.104 e. The second-order valence-corrected chi connectivity index (χ2v) is 5.44. The highest BCUT2D eigenvalue weighted by Crippen LogP contribution is 2.40. The molecule has 0 aliphatic carbocycles. The molecule has 1 aromatic carbocycles. The van der Waals surface area contributed by atoms with E-state index in [1.54, 1.807) is 18.0 Å². The Labute approximate surface area is 109 Å². The lowest BCUT2D eigenvalue weighted by atomic mass is 10.0. The average molecular weight is 264 g/mol. The van der Waals surface area contributed by atoms with Crippen molar-refractivity contribution in [2.24, 2.45) is 0 Å². The Kier molecular flexibility index (Phi) is 2.82. The fourth-order valence-electron chi connectivity index (χ4n) is 1.97. The van der Waals surface area contributed by atoms with Crippen molar-refractivity contribution < 1.29 is 5.11 Å². The Balaban J connectivity index is 2.14. The fraction of sp³-hybridized carbons (Fsp3) is 0.154. The van der Waals surface area contributed by atoms with E-state index in [0.717, 1.165) is 21.0 Å². The van der Waals surface area contributed by atoms with Crippen molar-refractivity contribution in [2.45, 2.75) is 22.4 Å². The number of aliphatic hydroxyl groups excluding tert-OH is 1. The number of pyridine rings is 1. The van der Waals surface area contributed by atoms with Gasteiger partial charge in [0.1, 0.15) is 5.03 Å². The van der Waals surface area contributed by atoms with Crippen LogP contribution in [0, 0.1) is 0 Å². The van der Waals surface area contributed by atoms with Gasteiger partial charge in [-0.15, -0.1) is 0 Å². The summed E-state index contributed by atoms with van der Waals surface area (Å²) >= 11 is 7.56. The second-order valence-electron chi connectivity index (χ2n) is 3.97. The van der Waals surface area contributed by atoms with Crippen LogP contribution in [-0.4, -0.2) is 10.1 Å². The maximum atomic E-state index is 10.2. The number of nitrogens with zero attached hydrogens (tertiary/aromatic N) is 1. The van der Waals surface area contributed by atoms with Crippen LogP contribution in [-0.2, 0) is 6.42 Å². The molecule has 1 unspecified atom stereocenters. The minimum absolute atomic E-state index is 0.512. The minimum Gasteiger partial charge on any atom is -0.388 e. The number of halogens is 1.